The van der Waals surface area contributed by atoms with Gasteiger partial charge in [-0.3, -0.25) is 4.79 Å². The number of carbonyl (C=O) groups excluding carboxylic acids is 2. The molecule has 0 spiro atoms. The summed E-state index contributed by atoms with van der Waals surface area (Å²) in [6.07, 6.45) is 3.89. The van der Waals surface area contributed by atoms with Crippen LogP contribution in [0, 0.1) is 0 Å². The van der Waals surface area contributed by atoms with Gasteiger partial charge in [-0.25, -0.2) is 4.79 Å². The lowest BCUT2D eigenvalue weighted by atomic mass is 9.95. The normalized spacial score (nSPS) is 13.0. The zero-order valence-corrected chi connectivity index (χ0v) is 17.2. The Kier molecular flexibility index (Phi) is 6.21. The van der Waals surface area contributed by atoms with Crippen LogP contribution in [0.2, 0.25) is 5.02 Å². The number of nitrogens with one attached hydrogen (secondary N) is 1. The Hall–Kier alpha value is -1.57. The summed E-state index contributed by atoms with van der Waals surface area (Å²) in [6, 6.07) is 5.06. The minimum Gasteiger partial charge on any atom is -0.483 e. The van der Waals surface area contributed by atoms with E-state index in [0.29, 0.717) is 25.8 Å². The zero-order chi connectivity index (χ0) is 18.7. The van der Waals surface area contributed by atoms with Gasteiger partial charge in [0.25, 0.3) is 5.91 Å². The van der Waals surface area contributed by atoms with E-state index in [0.717, 1.165) is 36.1 Å². The molecule has 0 radical (unpaired) electrons. The van der Waals surface area contributed by atoms with E-state index in [4.69, 9.17) is 21.1 Å². The molecule has 8 heteroatoms. The molecule has 0 saturated heterocycles. The number of hydrogen-bond acceptors (Lipinski definition) is 5. The van der Waals surface area contributed by atoms with Crippen LogP contribution >= 0.6 is 38.9 Å². The van der Waals surface area contributed by atoms with Gasteiger partial charge in [0, 0.05) is 9.90 Å². The van der Waals surface area contributed by atoms with Crippen LogP contribution in [0.4, 0.5) is 5.00 Å². The Labute approximate surface area is 168 Å². The van der Waals surface area contributed by atoms with Crippen molar-refractivity contribution in [1.82, 2.24) is 0 Å². The SMILES string of the molecule is COC(=O)c1c(NC(=O)COc2ccc(Cl)cc2Br)sc2c1CCCC2. The van der Waals surface area contributed by atoms with Gasteiger partial charge in [-0.2, -0.15) is 0 Å². The quantitative estimate of drug-likeness (QED) is 0.651. The van der Waals surface area contributed by atoms with E-state index in [1.54, 1.807) is 18.2 Å². The molecule has 1 heterocycles. The molecule has 0 aliphatic heterocycles. The summed E-state index contributed by atoms with van der Waals surface area (Å²) in [5.41, 5.74) is 1.48. The minimum absolute atomic E-state index is 0.177. The minimum atomic E-state index is -0.416. The maximum atomic E-state index is 12.3. The van der Waals surface area contributed by atoms with Crippen molar-refractivity contribution >= 4 is 55.7 Å². The Bertz CT molecular complexity index is 852. The predicted molar refractivity (Wildman–Crippen MR) is 106 cm³/mol. The van der Waals surface area contributed by atoms with Crippen molar-refractivity contribution in [2.24, 2.45) is 0 Å². The molecule has 1 aromatic carbocycles. The van der Waals surface area contributed by atoms with Crippen molar-refractivity contribution in [2.45, 2.75) is 25.7 Å². The van der Waals surface area contributed by atoms with Crippen LogP contribution in [-0.2, 0) is 22.4 Å². The van der Waals surface area contributed by atoms with Crippen LogP contribution in [0.1, 0.15) is 33.6 Å². The highest BCUT2D eigenvalue weighted by molar-refractivity contribution is 9.10. The van der Waals surface area contributed by atoms with Crippen molar-refractivity contribution in [3.63, 3.8) is 0 Å². The van der Waals surface area contributed by atoms with Gasteiger partial charge in [0.1, 0.15) is 10.8 Å². The predicted octanol–water partition coefficient (Wildman–Crippen LogP) is 4.85. The number of rotatable bonds is 5. The number of esters is 1. The molecule has 3 rings (SSSR count). The van der Waals surface area contributed by atoms with Crippen molar-refractivity contribution in [3.05, 3.63) is 43.7 Å². The van der Waals surface area contributed by atoms with Gasteiger partial charge < -0.3 is 14.8 Å². The largest absolute Gasteiger partial charge is 0.483 e. The zero-order valence-electron chi connectivity index (χ0n) is 14.1. The van der Waals surface area contributed by atoms with Crippen molar-refractivity contribution in [1.29, 1.82) is 0 Å². The molecule has 1 aromatic heterocycles. The first-order chi connectivity index (χ1) is 12.5. The molecule has 0 saturated carbocycles. The van der Waals surface area contributed by atoms with Gasteiger partial charge >= 0.3 is 5.97 Å². The molecule has 1 amide bonds. The summed E-state index contributed by atoms with van der Waals surface area (Å²) < 4.78 is 11.1. The van der Waals surface area contributed by atoms with E-state index in [9.17, 15) is 9.59 Å². The molecule has 1 aliphatic carbocycles. The number of benzene rings is 1. The van der Waals surface area contributed by atoms with Crippen LogP contribution in [-0.4, -0.2) is 25.6 Å². The number of carbonyl (C=O) groups is 2. The number of fused-ring (bicyclic) bond motifs is 1. The summed E-state index contributed by atoms with van der Waals surface area (Å²) in [5, 5.41) is 3.90. The van der Waals surface area contributed by atoms with Gasteiger partial charge in [0.05, 0.1) is 17.1 Å². The second kappa shape index (κ2) is 8.41. The Morgan fingerprint density at radius 3 is 2.81 bits per heavy atom. The average molecular weight is 459 g/mol. The highest BCUT2D eigenvalue weighted by Gasteiger charge is 2.27. The molecule has 1 aliphatic rings. The number of thiophene rings is 1. The number of aryl methyl sites for hydroxylation is 1. The third-order valence-corrected chi connectivity index (χ3v) is 6.13. The maximum Gasteiger partial charge on any atom is 0.341 e. The van der Waals surface area contributed by atoms with Crippen molar-refractivity contribution < 1.29 is 19.1 Å². The molecule has 26 heavy (non-hydrogen) atoms. The number of halogens is 2. The van der Waals surface area contributed by atoms with E-state index in [1.807, 2.05) is 0 Å². The van der Waals surface area contributed by atoms with E-state index >= 15 is 0 Å². The Balaban J connectivity index is 1.72. The van der Waals surface area contributed by atoms with Crippen LogP contribution < -0.4 is 10.1 Å². The van der Waals surface area contributed by atoms with E-state index in [2.05, 4.69) is 21.2 Å². The number of ether oxygens (including phenoxy) is 2. The summed E-state index contributed by atoms with van der Waals surface area (Å²) in [4.78, 5) is 25.7. The second-order valence-electron chi connectivity index (χ2n) is 5.82. The van der Waals surface area contributed by atoms with Crippen LogP contribution in [0.15, 0.2) is 22.7 Å². The molecule has 138 valence electrons. The first-order valence-electron chi connectivity index (χ1n) is 8.10. The fourth-order valence-corrected chi connectivity index (χ4v) is 4.96. The molecule has 0 fully saturated rings. The molecule has 5 nitrogen and oxygen atoms in total. The van der Waals surface area contributed by atoms with E-state index in [-0.39, 0.29) is 12.5 Å². The monoisotopic (exact) mass is 457 g/mol. The van der Waals surface area contributed by atoms with Crippen LogP contribution in [0.3, 0.4) is 0 Å². The van der Waals surface area contributed by atoms with Gasteiger partial charge in [0.2, 0.25) is 0 Å². The molecule has 1 N–H and O–H groups in total. The van der Waals surface area contributed by atoms with Crippen LogP contribution in [0.5, 0.6) is 5.75 Å². The summed E-state index contributed by atoms with van der Waals surface area (Å²) >= 11 is 10.7. The molecule has 2 aromatic rings. The molecular formula is C18H17BrClNO4S. The fourth-order valence-electron chi connectivity index (χ4n) is 2.87. The van der Waals surface area contributed by atoms with Crippen molar-refractivity contribution in [2.75, 3.05) is 19.0 Å². The molecule has 0 unspecified atom stereocenters. The third kappa shape index (κ3) is 4.22. The van der Waals surface area contributed by atoms with E-state index < -0.39 is 5.97 Å². The van der Waals surface area contributed by atoms with Crippen molar-refractivity contribution in [3.8, 4) is 5.75 Å². The van der Waals surface area contributed by atoms with Crippen LogP contribution in [0.25, 0.3) is 0 Å². The van der Waals surface area contributed by atoms with Gasteiger partial charge in [-0.1, -0.05) is 11.6 Å². The highest BCUT2D eigenvalue weighted by atomic mass is 79.9. The first-order valence-corrected chi connectivity index (χ1v) is 10.1. The number of hydrogen-bond donors (Lipinski definition) is 1. The van der Waals surface area contributed by atoms with Gasteiger partial charge in [-0.15, -0.1) is 11.3 Å². The molecular weight excluding hydrogens is 442 g/mol. The topological polar surface area (TPSA) is 64.6 Å². The Morgan fingerprint density at radius 1 is 1.31 bits per heavy atom. The number of amides is 1. The standard InChI is InChI=1S/C18H17BrClNO4S/c1-24-18(23)16-11-4-2-3-5-14(11)26-17(16)21-15(22)9-25-13-7-6-10(20)8-12(13)19/h6-8H,2-5,9H2,1H3,(H,21,22). The van der Waals surface area contributed by atoms with Gasteiger partial charge in [0.15, 0.2) is 6.61 Å². The Morgan fingerprint density at radius 2 is 2.08 bits per heavy atom. The lowest BCUT2D eigenvalue weighted by molar-refractivity contribution is -0.118. The second-order valence-corrected chi connectivity index (χ2v) is 8.21. The lowest BCUT2D eigenvalue weighted by Crippen LogP contribution is -2.21. The molecule has 0 atom stereocenters. The fraction of sp³-hybridized carbons (Fsp3) is 0.333. The summed E-state index contributed by atoms with van der Waals surface area (Å²) in [6.45, 7) is -0.177. The lowest BCUT2D eigenvalue weighted by Gasteiger charge is -2.12. The van der Waals surface area contributed by atoms with E-state index in [1.165, 1.54) is 18.4 Å². The number of methoxy groups -OCH3 is 1. The maximum absolute atomic E-state index is 12.3. The smallest absolute Gasteiger partial charge is 0.341 e. The molecule has 0 bridgehead atoms. The highest BCUT2D eigenvalue weighted by Crippen LogP contribution is 2.38. The summed E-state index contributed by atoms with van der Waals surface area (Å²) in [7, 11) is 1.35. The number of anilines is 1. The third-order valence-electron chi connectivity index (χ3n) is 4.07. The van der Waals surface area contributed by atoms with Gasteiger partial charge in [-0.05, 0) is 65.4 Å². The summed E-state index contributed by atoms with van der Waals surface area (Å²) in [5.74, 6) is -0.236. The average Bonchev–Trinajstić information content (AvgIpc) is 2.98. The first kappa shape index (κ1) is 19.2.